The van der Waals surface area contributed by atoms with E-state index < -0.39 is 35.2 Å². The number of rotatable bonds is 11. The van der Waals surface area contributed by atoms with Crippen LogP contribution in [-0.4, -0.2) is 76.6 Å². The molecule has 4 rings (SSSR count). The van der Waals surface area contributed by atoms with Crippen LogP contribution in [0.5, 0.6) is 0 Å². The minimum Gasteiger partial charge on any atom is -0.477 e. The molecule has 194 valence electrons. The van der Waals surface area contributed by atoms with Gasteiger partial charge in [0.1, 0.15) is 22.1 Å². The Hall–Kier alpha value is -3.06. The third-order valence-electron chi connectivity index (χ3n) is 4.97. The third kappa shape index (κ3) is 5.93. The van der Waals surface area contributed by atoms with E-state index in [2.05, 4.69) is 29.8 Å². The molecule has 4 heterocycles. The molecule has 14 nitrogen and oxygen atoms in total. The summed E-state index contributed by atoms with van der Waals surface area (Å²) in [5.74, 6) is -1.96. The number of carbonyl (C=O) groups excluding carboxylic acids is 2. The summed E-state index contributed by atoms with van der Waals surface area (Å²) in [4.78, 5) is 62.2. The van der Waals surface area contributed by atoms with Crippen molar-refractivity contribution in [3.05, 3.63) is 45.7 Å². The average Bonchev–Trinajstić information content (AvgIpc) is 3.31. The maximum absolute atomic E-state index is 12.8. The van der Waals surface area contributed by atoms with E-state index in [0.29, 0.717) is 28.1 Å². The highest BCUT2D eigenvalue weighted by Gasteiger charge is 2.54. The molecule has 2 aromatic rings. The monoisotopic (exact) mass is 581 g/mol. The topological polar surface area (TPSA) is 220 Å². The van der Waals surface area contributed by atoms with Crippen LogP contribution in [-0.2, 0) is 14.4 Å². The number of carboxylic acids is 1. The summed E-state index contributed by atoms with van der Waals surface area (Å²) in [7, 11) is 0. The number of fused-ring (bicyclic) bond motifs is 1. The van der Waals surface area contributed by atoms with Gasteiger partial charge in [0, 0.05) is 35.8 Å². The number of nitrogens with two attached hydrogens (primary N) is 2. The molecule has 18 heteroatoms. The maximum Gasteiger partial charge on any atom is 0.352 e. The molecule has 0 radical (unpaired) electrons. The summed E-state index contributed by atoms with van der Waals surface area (Å²) in [6.07, 6.45) is 3.25. The summed E-state index contributed by atoms with van der Waals surface area (Å²) >= 11 is 4.79. The van der Waals surface area contributed by atoms with Crippen molar-refractivity contribution in [3.63, 3.8) is 0 Å². The lowest BCUT2D eigenvalue weighted by Gasteiger charge is -2.49. The van der Waals surface area contributed by atoms with Gasteiger partial charge >= 0.3 is 5.97 Å². The van der Waals surface area contributed by atoms with Crippen LogP contribution in [0.4, 0.5) is 5.13 Å². The Morgan fingerprint density at radius 3 is 2.89 bits per heavy atom. The van der Waals surface area contributed by atoms with Crippen LogP contribution in [0, 0.1) is 4.91 Å². The van der Waals surface area contributed by atoms with Crippen molar-refractivity contribution in [1.82, 2.24) is 29.5 Å². The van der Waals surface area contributed by atoms with Crippen LogP contribution in [0.2, 0.25) is 0 Å². The van der Waals surface area contributed by atoms with Gasteiger partial charge in [-0.1, -0.05) is 23.5 Å². The highest BCUT2D eigenvalue weighted by molar-refractivity contribution is 8.02. The molecule has 0 aliphatic carbocycles. The van der Waals surface area contributed by atoms with E-state index in [9.17, 15) is 24.4 Å². The molecular formula is C19H19N9O5S4. The number of aromatic nitrogens is 4. The van der Waals surface area contributed by atoms with Gasteiger partial charge in [-0.15, -0.1) is 16.7 Å². The lowest BCUT2D eigenvalue weighted by atomic mass is 10.0. The van der Waals surface area contributed by atoms with Crippen molar-refractivity contribution < 1.29 is 19.5 Å². The number of nitrogen functional groups attached to an aromatic ring is 1. The number of allylic oxidation sites excluding steroid dienone is 1. The van der Waals surface area contributed by atoms with E-state index in [1.54, 1.807) is 23.7 Å². The first kappa shape index (κ1) is 27.0. The van der Waals surface area contributed by atoms with E-state index >= 15 is 0 Å². The molecule has 2 aliphatic rings. The van der Waals surface area contributed by atoms with E-state index in [4.69, 9.17) is 11.5 Å². The van der Waals surface area contributed by atoms with Gasteiger partial charge in [0.15, 0.2) is 16.1 Å². The first-order valence-corrected chi connectivity index (χ1v) is 14.1. The van der Waals surface area contributed by atoms with Gasteiger partial charge in [0.05, 0.1) is 0 Å². The Morgan fingerprint density at radius 1 is 1.41 bits per heavy atom. The standard InChI is InChI=1S/C19H19N9O5S4/c20-3-6-35-19-22-4-1-9(23-19)34-5-2-8-7-36-16-11(15(30)28(16)12(8)17(31)32)24-14(29)10(26-33)13-25-18(21)37-27-13/h1-2,4-5,10-11,16H,3,6-7,20H2,(H,24,29)(H,31,32)(H2,21,25,27)/t10?,11-,16-/m1/s1. The second-order valence-corrected chi connectivity index (χ2v) is 11.2. The highest BCUT2D eigenvalue weighted by Crippen LogP contribution is 2.41. The van der Waals surface area contributed by atoms with Gasteiger partial charge in [0.25, 0.3) is 11.8 Å². The first-order chi connectivity index (χ1) is 17.8. The number of nitroso groups, excluding NO2 is 1. The van der Waals surface area contributed by atoms with Crippen molar-refractivity contribution in [2.75, 3.05) is 23.8 Å². The Bertz CT molecular complexity index is 1290. The number of nitrogens with zero attached hydrogens (tertiary/aromatic N) is 6. The molecule has 0 bridgehead atoms. The van der Waals surface area contributed by atoms with E-state index in [-0.39, 0.29) is 22.4 Å². The number of carboxylic acid groups (broad SMARTS) is 1. The zero-order chi connectivity index (χ0) is 26.5. The van der Waals surface area contributed by atoms with Crippen molar-refractivity contribution in [1.29, 1.82) is 0 Å². The number of β-lactam (4-membered cyclic amide) rings is 1. The van der Waals surface area contributed by atoms with Gasteiger partial charge in [-0.3, -0.25) is 14.5 Å². The van der Waals surface area contributed by atoms with Gasteiger partial charge in [0.2, 0.25) is 6.04 Å². The molecular weight excluding hydrogens is 563 g/mol. The molecule has 0 spiro atoms. The van der Waals surface area contributed by atoms with Gasteiger partial charge in [-0.2, -0.15) is 4.37 Å². The number of nitrogens with one attached hydrogen (secondary N) is 1. The summed E-state index contributed by atoms with van der Waals surface area (Å²) in [6, 6.07) is -0.884. The first-order valence-electron chi connectivity index (χ1n) is 10.5. The smallest absolute Gasteiger partial charge is 0.352 e. The SMILES string of the molecule is NCCSc1nccc(SC=CC2=C(C(=O)O)N3C(=O)[C@@H](NC(=O)C(N=O)c4nsc(N)n4)[C@H]3SC2)n1. The van der Waals surface area contributed by atoms with Crippen LogP contribution in [0.25, 0.3) is 0 Å². The van der Waals surface area contributed by atoms with Gasteiger partial charge in [-0.05, 0) is 28.3 Å². The predicted octanol–water partition coefficient (Wildman–Crippen LogP) is 0.813. The molecule has 1 fully saturated rings. The Balaban J connectivity index is 1.44. The number of carbonyl (C=O) groups is 3. The maximum atomic E-state index is 12.8. The molecule has 0 aromatic carbocycles. The quantitative estimate of drug-likeness (QED) is 0.0948. The van der Waals surface area contributed by atoms with Crippen molar-refractivity contribution in [3.8, 4) is 0 Å². The second kappa shape index (κ2) is 12.0. The minimum absolute atomic E-state index is 0.0609. The summed E-state index contributed by atoms with van der Waals surface area (Å²) in [5.41, 5.74) is 11.3. The van der Waals surface area contributed by atoms with Crippen molar-refractivity contribution >= 4 is 69.7 Å². The lowest BCUT2D eigenvalue weighted by molar-refractivity contribution is -0.150. The lowest BCUT2D eigenvalue weighted by Crippen LogP contribution is -2.70. The Kier molecular flexibility index (Phi) is 8.75. The summed E-state index contributed by atoms with van der Waals surface area (Å²) < 4.78 is 3.81. The normalized spacial score (nSPS) is 19.9. The highest BCUT2D eigenvalue weighted by atomic mass is 32.2. The number of hydrogen-bond donors (Lipinski definition) is 4. The summed E-state index contributed by atoms with van der Waals surface area (Å²) in [5, 5.41) is 17.4. The zero-order valence-electron chi connectivity index (χ0n) is 18.7. The molecule has 37 heavy (non-hydrogen) atoms. The molecule has 2 aromatic heterocycles. The predicted molar refractivity (Wildman–Crippen MR) is 139 cm³/mol. The molecule has 2 aliphatic heterocycles. The number of aliphatic carboxylic acids is 1. The van der Waals surface area contributed by atoms with Gasteiger partial charge in [-0.25, -0.2) is 19.7 Å². The molecule has 2 amide bonds. The van der Waals surface area contributed by atoms with E-state index in [0.717, 1.165) is 16.4 Å². The van der Waals surface area contributed by atoms with E-state index in [1.165, 1.54) is 35.3 Å². The van der Waals surface area contributed by atoms with Crippen molar-refractivity contribution in [2.45, 2.75) is 27.6 Å². The minimum atomic E-state index is -1.58. The molecule has 1 unspecified atom stereocenters. The second-order valence-electron chi connectivity index (χ2n) is 7.31. The summed E-state index contributed by atoms with van der Waals surface area (Å²) in [6.45, 7) is 0.503. The Labute approximate surface area is 226 Å². The Morgan fingerprint density at radius 2 is 2.22 bits per heavy atom. The van der Waals surface area contributed by atoms with Crippen molar-refractivity contribution in [2.24, 2.45) is 10.9 Å². The van der Waals surface area contributed by atoms with Gasteiger partial charge < -0.3 is 21.9 Å². The zero-order valence-corrected chi connectivity index (χ0v) is 22.0. The largest absolute Gasteiger partial charge is 0.477 e. The van der Waals surface area contributed by atoms with Crippen LogP contribution in [0.1, 0.15) is 11.9 Å². The molecule has 6 N–H and O–H groups in total. The van der Waals surface area contributed by atoms with Crippen LogP contribution < -0.4 is 16.8 Å². The number of amides is 2. The van der Waals surface area contributed by atoms with Crippen LogP contribution in [0.15, 0.2) is 50.4 Å². The fourth-order valence-corrected chi connectivity index (χ4v) is 6.46. The van der Waals surface area contributed by atoms with Crippen LogP contribution >= 0.6 is 46.8 Å². The van der Waals surface area contributed by atoms with Crippen LogP contribution in [0.3, 0.4) is 0 Å². The molecule has 0 saturated carbocycles. The van der Waals surface area contributed by atoms with E-state index in [1.807, 2.05) is 0 Å². The fourth-order valence-electron chi connectivity index (χ4n) is 3.37. The number of hydrogen-bond acceptors (Lipinski definition) is 15. The number of anilines is 1. The third-order valence-corrected chi connectivity index (χ3v) is 8.46. The fraction of sp³-hybridized carbons (Fsp3) is 0.316. The molecule has 1 saturated heterocycles. The molecule has 3 atom stereocenters. The number of thioether (sulfide) groups is 3. The average molecular weight is 582 g/mol.